The predicted octanol–water partition coefficient (Wildman–Crippen LogP) is 3.21. The van der Waals surface area contributed by atoms with Crippen molar-refractivity contribution < 1.29 is 36.2 Å². The predicted molar refractivity (Wildman–Crippen MR) is 70.5 cm³/mol. The SMILES string of the molecule is N#Cc1ccc(N(CCNC(=O)O)CC(F)(F)F)cc1C(F)(F)F. The molecule has 1 rings (SSSR count). The van der Waals surface area contributed by atoms with Gasteiger partial charge in [-0.1, -0.05) is 0 Å². The summed E-state index contributed by atoms with van der Waals surface area (Å²) in [6.45, 7) is -2.50. The Kier molecular flexibility index (Phi) is 5.89. The number of amides is 1. The van der Waals surface area contributed by atoms with Crippen molar-refractivity contribution in [2.75, 3.05) is 24.5 Å². The van der Waals surface area contributed by atoms with E-state index in [2.05, 4.69) is 0 Å². The van der Waals surface area contributed by atoms with Crippen LogP contribution in [0.2, 0.25) is 0 Å². The summed E-state index contributed by atoms with van der Waals surface area (Å²) in [6.07, 6.45) is -11.1. The lowest BCUT2D eigenvalue weighted by molar-refractivity contribution is -0.137. The van der Waals surface area contributed by atoms with Gasteiger partial charge >= 0.3 is 18.4 Å². The van der Waals surface area contributed by atoms with Crippen LogP contribution >= 0.6 is 0 Å². The topological polar surface area (TPSA) is 76.4 Å². The normalized spacial score (nSPS) is 11.7. The Morgan fingerprint density at radius 1 is 1.25 bits per heavy atom. The number of rotatable bonds is 5. The number of anilines is 1. The third-order valence-electron chi connectivity index (χ3n) is 2.82. The molecule has 0 saturated carbocycles. The molecule has 0 unspecified atom stereocenters. The number of nitrogens with zero attached hydrogens (tertiary/aromatic N) is 2. The third-order valence-corrected chi connectivity index (χ3v) is 2.82. The number of nitrogens with one attached hydrogen (secondary N) is 1. The fourth-order valence-corrected chi connectivity index (χ4v) is 1.87. The molecular weight excluding hydrogens is 344 g/mol. The first-order chi connectivity index (χ1) is 10.9. The van der Waals surface area contributed by atoms with E-state index in [1.165, 1.54) is 6.07 Å². The van der Waals surface area contributed by atoms with Gasteiger partial charge in [0.2, 0.25) is 0 Å². The van der Waals surface area contributed by atoms with E-state index in [9.17, 15) is 31.1 Å². The van der Waals surface area contributed by atoms with E-state index < -0.39 is 54.9 Å². The number of hydrogen-bond donors (Lipinski definition) is 2. The summed E-state index contributed by atoms with van der Waals surface area (Å²) in [5.41, 5.74) is -2.51. The minimum absolute atomic E-state index is 0.424. The highest BCUT2D eigenvalue weighted by molar-refractivity contribution is 5.64. The number of alkyl halides is 6. The maximum atomic E-state index is 12.9. The molecule has 0 atom stereocenters. The van der Waals surface area contributed by atoms with Gasteiger partial charge in [0.1, 0.15) is 6.54 Å². The van der Waals surface area contributed by atoms with Crippen molar-refractivity contribution in [2.45, 2.75) is 12.4 Å². The number of benzene rings is 1. The van der Waals surface area contributed by atoms with Gasteiger partial charge in [-0.15, -0.1) is 0 Å². The van der Waals surface area contributed by atoms with Gasteiger partial charge in [-0.3, -0.25) is 0 Å². The molecule has 1 aromatic carbocycles. The first kappa shape index (κ1) is 19.4. The molecule has 0 fully saturated rings. The van der Waals surface area contributed by atoms with Crippen LogP contribution in [0.1, 0.15) is 11.1 Å². The van der Waals surface area contributed by atoms with Crippen LogP contribution in [0, 0.1) is 11.3 Å². The van der Waals surface area contributed by atoms with Gasteiger partial charge < -0.3 is 15.3 Å². The van der Waals surface area contributed by atoms with Crippen molar-refractivity contribution in [1.29, 1.82) is 5.26 Å². The van der Waals surface area contributed by atoms with E-state index in [1.807, 2.05) is 5.32 Å². The van der Waals surface area contributed by atoms with Gasteiger partial charge in [-0.25, -0.2) is 4.79 Å². The summed E-state index contributed by atoms with van der Waals surface area (Å²) in [5, 5.41) is 18.9. The first-order valence-corrected chi connectivity index (χ1v) is 6.34. The van der Waals surface area contributed by atoms with E-state index in [4.69, 9.17) is 10.4 Å². The summed E-state index contributed by atoms with van der Waals surface area (Å²) in [4.78, 5) is 10.9. The largest absolute Gasteiger partial charge is 0.465 e. The van der Waals surface area contributed by atoms with Crippen LogP contribution in [0.15, 0.2) is 18.2 Å². The van der Waals surface area contributed by atoms with E-state index in [0.717, 1.165) is 12.1 Å². The molecule has 0 saturated heterocycles. The van der Waals surface area contributed by atoms with Gasteiger partial charge in [-0.2, -0.15) is 31.6 Å². The van der Waals surface area contributed by atoms with Crippen molar-refractivity contribution in [1.82, 2.24) is 5.32 Å². The van der Waals surface area contributed by atoms with Crippen LogP contribution in [0.5, 0.6) is 0 Å². The molecule has 132 valence electrons. The molecule has 0 bridgehead atoms. The zero-order valence-electron chi connectivity index (χ0n) is 11.9. The minimum atomic E-state index is -4.91. The van der Waals surface area contributed by atoms with Crippen LogP contribution < -0.4 is 10.2 Å². The van der Waals surface area contributed by atoms with Gasteiger partial charge in [0.05, 0.1) is 17.2 Å². The zero-order chi connectivity index (χ0) is 18.5. The van der Waals surface area contributed by atoms with Crippen molar-refractivity contribution in [3.8, 4) is 6.07 Å². The second-order valence-electron chi connectivity index (χ2n) is 4.61. The van der Waals surface area contributed by atoms with E-state index >= 15 is 0 Å². The van der Waals surface area contributed by atoms with Gasteiger partial charge in [-0.05, 0) is 18.2 Å². The Hall–Kier alpha value is -2.64. The molecule has 5 nitrogen and oxygen atoms in total. The molecule has 0 aliphatic heterocycles. The molecule has 0 radical (unpaired) electrons. The standard InChI is InChI=1S/C13H11F6N3O2/c14-12(15,16)7-22(4-3-21-11(23)24)9-2-1-8(6-20)10(5-9)13(17,18)19/h1-2,5,21H,3-4,7H2,(H,23,24). The fourth-order valence-electron chi connectivity index (χ4n) is 1.87. The van der Waals surface area contributed by atoms with Crippen LogP contribution in [-0.2, 0) is 6.18 Å². The quantitative estimate of drug-likeness (QED) is 0.796. The Morgan fingerprint density at radius 2 is 1.88 bits per heavy atom. The molecule has 11 heteroatoms. The molecule has 24 heavy (non-hydrogen) atoms. The molecule has 2 N–H and O–H groups in total. The van der Waals surface area contributed by atoms with Gasteiger partial charge in [0.25, 0.3) is 0 Å². The molecule has 0 aliphatic rings. The van der Waals surface area contributed by atoms with Crippen molar-refractivity contribution in [3.63, 3.8) is 0 Å². The zero-order valence-corrected chi connectivity index (χ0v) is 11.9. The fraction of sp³-hybridized carbons (Fsp3) is 0.385. The van der Waals surface area contributed by atoms with Crippen molar-refractivity contribution >= 4 is 11.8 Å². The van der Waals surface area contributed by atoms with E-state index in [-0.39, 0.29) is 0 Å². The average Bonchev–Trinajstić information content (AvgIpc) is 2.43. The van der Waals surface area contributed by atoms with Gasteiger partial charge in [0, 0.05) is 18.8 Å². The maximum Gasteiger partial charge on any atom is 0.417 e. The monoisotopic (exact) mass is 355 g/mol. The minimum Gasteiger partial charge on any atom is -0.465 e. The molecule has 0 aliphatic carbocycles. The lowest BCUT2D eigenvalue weighted by atomic mass is 10.1. The Labute approximate surface area is 132 Å². The Balaban J connectivity index is 3.17. The lowest BCUT2D eigenvalue weighted by Gasteiger charge is -2.26. The van der Waals surface area contributed by atoms with Crippen LogP contribution in [0.4, 0.5) is 36.8 Å². The highest BCUT2D eigenvalue weighted by atomic mass is 19.4. The Bertz CT molecular complexity index is 636. The molecule has 1 amide bonds. The Morgan fingerprint density at radius 3 is 2.33 bits per heavy atom. The summed E-state index contributed by atoms with van der Waals surface area (Å²) < 4.78 is 76.5. The highest BCUT2D eigenvalue weighted by Gasteiger charge is 2.35. The lowest BCUT2D eigenvalue weighted by Crippen LogP contribution is -2.40. The third kappa shape index (κ3) is 5.86. The second-order valence-corrected chi connectivity index (χ2v) is 4.61. The number of hydrogen-bond acceptors (Lipinski definition) is 3. The second kappa shape index (κ2) is 7.29. The average molecular weight is 355 g/mol. The molecule has 0 spiro atoms. The summed E-state index contributed by atoms with van der Waals surface area (Å²) in [5.74, 6) is 0. The van der Waals surface area contributed by atoms with Crippen LogP contribution in [0.3, 0.4) is 0 Å². The van der Waals surface area contributed by atoms with E-state index in [1.54, 1.807) is 0 Å². The molecular formula is C13H11F6N3O2. The number of carboxylic acid groups (broad SMARTS) is 1. The van der Waals surface area contributed by atoms with Crippen LogP contribution in [0.25, 0.3) is 0 Å². The molecule has 0 aromatic heterocycles. The van der Waals surface area contributed by atoms with Crippen molar-refractivity contribution in [2.24, 2.45) is 0 Å². The van der Waals surface area contributed by atoms with Crippen LogP contribution in [-0.4, -0.2) is 37.0 Å². The maximum absolute atomic E-state index is 12.9. The van der Waals surface area contributed by atoms with E-state index in [0.29, 0.717) is 11.0 Å². The number of carbonyl (C=O) groups is 1. The highest BCUT2D eigenvalue weighted by Crippen LogP contribution is 2.35. The molecule has 1 aromatic rings. The summed E-state index contributed by atoms with van der Waals surface area (Å²) >= 11 is 0. The number of halogens is 6. The van der Waals surface area contributed by atoms with Gasteiger partial charge in [0.15, 0.2) is 0 Å². The summed E-state index contributed by atoms with van der Waals surface area (Å²) in [7, 11) is 0. The smallest absolute Gasteiger partial charge is 0.417 e. The number of nitriles is 1. The first-order valence-electron chi connectivity index (χ1n) is 6.34. The molecule has 0 heterocycles. The summed E-state index contributed by atoms with van der Waals surface area (Å²) in [6, 6.07) is 3.47. The van der Waals surface area contributed by atoms with Crippen molar-refractivity contribution in [3.05, 3.63) is 29.3 Å².